The summed E-state index contributed by atoms with van der Waals surface area (Å²) in [5, 5.41) is 13.6. The number of hydrogen-bond acceptors (Lipinski definition) is 4. The zero-order chi connectivity index (χ0) is 16.7. The first-order valence-electron chi connectivity index (χ1n) is 7.44. The number of amides is 1. The van der Waals surface area contributed by atoms with E-state index in [2.05, 4.69) is 27.8 Å². The Morgan fingerprint density at radius 2 is 2.04 bits per heavy atom. The molecule has 2 aromatic rings. The zero-order valence-electron chi connectivity index (χ0n) is 12.8. The Bertz CT molecular complexity index is 664. The van der Waals surface area contributed by atoms with E-state index >= 15 is 0 Å². The van der Waals surface area contributed by atoms with Crippen LogP contribution in [0, 0.1) is 5.82 Å². The average Bonchev–Trinajstić information content (AvgIpc) is 2.55. The zero-order valence-corrected chi connectivity index (χ0v) is 13.5. The number of benzene rings is 1. The number of unbranched alkanes of at least 4 members (excludes halogenated alkanes) is 2. The summed E-state index contributed by atoms with van der Waals surface area (Å²) in [6.45, 7) is 2.73. The van der Waals surface area contributed by atoms with Gasteiger partial charge in [-0.15, -0.1) is 10.2 Å². The molecule has 7 heteroatoms. The number of halogens is 2. The van der Waals surface area contributed by atoms with E-state index in [1.165, 1.54) is 18.2 Å². The summed E-state index contributed by atoms with van der Waals surface area (Å²) in [5.74, 6) is -0.293. The molecule has 2 rings (SSSR count). The van der Waals surface area contributed by atoms with E-state index in [1.54, 1.807) is 12.1 Å². The molecule has 0 saturated heterocycles. The van der Waals surface area contributed by atoms with Gasteiger partial charge in [0.1, 0.15) is 5.82 Å². The predicted octanol–water partition coefficient (Wildman–Crippen LogP) is 3.93. The average molecular weight is 337 g/mol. The fourth-order valence-electron chi connectivity index (χ4n) is 1.91. The van der Waals surface area contributed by atoms with Crippen LogP contribution < -0.4 is 10.6 Å². The number of anilines is 2. The van der Waals surface area contributed by atoms with Crippen LogP contribution in [0.4, 0.5) is 15.9 Å². The van der Waals surface area contributed by atoms with E-state index in [9.17, 15) is 9.18 Å². The maximum absolute atomic E-state index is 13.1. The molecule has 23 heavy (non-hydrogen) atoms. The predicted molar refractivity (Wildman–Crippen MR) is 88.6 cm³/mol. The lowest BCUT2D eigenvalue weighted by Crippen LogP contribution is -2.25. The number of nitrogens with one attached hydrogen (secondary N) is 2. The van der Waals surface area contributed by atoms with Crippen molar-refractivity contribution < 1.29 is 9.18 Å². The molecule has 1 heterocycles. The third-order valence-electron chi connectivity index (χ3n) is 3.16. The molecule has 0 spiro atoms. The van der Waals surface area contributed by atoms with E-state index < -0.39 is 5.82 Å². The SMILES string of the molecule is CCCCCNC(=O)c1ccc(Nc2ccc(F)c(Cl)c2)nn1. The molecule has 122 valence electrons. The lowest BCUT2D eigenvalue weighted by Gasteiger charge is -2.07. The number of aromatic nitrogens is 2. The van der Waals surface area contributed by atoms with Gasteiger partial charge in [0.2, 0.25) is 0 Å². The second-order valence-electron chi connectivity index (χ2n) is 5.02. The van der Waals surface area contributed by atoms with Crippen molar-refractivity contribution >= 4 is 29.0 Å². The van der Waals surface area contributed by atoms with Crippen molar-refractivity contribution in [3.63, 3.8) is 0 Å². The van der Waals surface area contributed by atoms with Gasteiger partial charge in [0.05, 0.1) is 5.02 Å². The van der Waals surface area contributed by atoms with Crippen LogP contribution >= 0.6 is 11.6 Å². The van der Waals surface area contributed by atoms with Crippen LogP contribution in [0.15, 0.2) is 30.3 Å². The first-order valence-corrected chi connectivity index (χ1v) is 7.82. The lowest BCUT2D eigenvalue weighted by atomic mass is 10.2. The Morgan fingerprint density at radius 1 is 1.22 bits per heavy atom. The fourth-order valence-corrected chi connectivity index (χ4v) is 2.09. The van der Waals surface area contributed by atoms with Gasteiger partial charge in [-0.25, -0.2) is 4.39 Å². The number of rotatable bonds is 7. The highest BCUT2D eigenvalue weighted by molar-refractivity contribution is 6.31. The standard InChI is InChI=1S/C16H18ClFN4O/c1-2-3-4-9-19-16(23)14-7-8-15(22-21-14)20-11-5-6-13(18)12(17)10-11/h5-8,10H,2-4,9H2,1H3,(H,19,23)(H,20,22). The number of nitrogens with zero attached hydrogens (tertiary/aromatic N) is 2. The smallest absolute Gasteiger partial charge is 0.271 e. The van der Waals surface area contributed by atoms with Crippen molar-refractivity contribution in [3.8, 4) is 0 Å². The van der Waals surface area contributed by atoms with E-state index in [1.807, 2.05) is 0 Å². The summed E-state index contributed by atoms with van der Waals surface area (Å²) in [6, 6.07) is 7.46. The Labute approximate surface area is 139 Å². The third-order valence-corrected chi connectivity index (χ3v) is 3.44. The largest absolute Gasteiger partial charge is 0.351 e. The lowest BCUT2D eigenvalue weighted by molar-refractivity contribution is 0.0947. The third kappa shape index (κ3) is 5.17. The monoisotopic (exact) mass is 336 g/mol. The van der Waals surface area contributed by atoms with Gasteiger partial charge in [0.25, 0.3) is 5.91 Å². The summed E-state index contributed by atoms with van der Waals surface area (Å²) < 4.78 is 13.1. The van der Waals surface area contributed by atoms with Gasteiger partial charge >= 0.3 is 0 Å². The maximum Gasteiger partial charge on any atom is 0.271 e. The summed E-state index contributed by atoms with van der Waals surface area (Å²) in [4.78, 5) is 11.9. The molecule has 2 N–H and O–H groups in total. The second-order valence-corrected chi connectivity index (χ2v) is 5.43. The molecule has 1 aromatic heterocycles. The van der Waals surface area contributed by atoms with Crippen molar-refractivity contribution in [1.82, 2.24) is 15.5 Å². The molecule has 0 radical (unpaired) electrons. The Hall–Kier alpha value is -2.21. The van der Waals surface area contributed by atoms with Crippen LogP contribution in [0.1, 0.15) is 36.7 Å². The summed E-state index contributed by atoms with van der Waals surface area (Å²) in [5.41, 5.74) is 0.839. The quantitative estimate of drug-likeness (QED) is 0.752. The van der Waals surface area contributed by atoms with Gasteiger partial charge in [-0.05, 0) is 36.8 Å². The molecule has 5 nitrogen and oxygen atoms in total. The van der Waals surface area contributed by atoms with Gasteiger partial charge in [0.15, 0.2) is 11.5 Å². The van der Waals surface area contributed by atoms with Crippen molar-refractivity contribution in [1.29, 1.82) is 0 Å². The summed E-state index contributed by atoms with van der Waals surface area (Å²) >= 11 is 5.71. The molecule has 0 aliphatic rings. The highest BCUT2D eigenvalue weighted by atomic mass is 35.5. The highest BCUT2D eigenvalue weighted by Gasteiger charge is 2.08. The summed E-state index contributed by atoms with van der Waals surface area (Å²) in [6.07, 6.45) is 3.12. The molecule has 0 bridgehead atoms. The van der Waals surface area contributed by atoms with Gasteiger partial charge < -0.3 is 10.6 Å². The first kappa shape index (κ1) is 17.1. The van der Waals surface area contributed by atoms with Gasteiger partial charge in [-0.2, -0.15) is 0 Å². The minimum absolute atomic E-state index is 0.0195. The molecule has 0 unspecified atom stereocenters. The van der Waals surface area contributed by atoms with E-state index in [0.29, 0.717) is 18.1 Å². The molecule has 0 atom stereocenters. The Morgan fingerprint density at radius 3 is 2.70 bits per heavy atom. The molecule has 1 aromatic carbocycles. The molecule has 0 aliphatic carbocycles. The normalized spacial score (nSPS) is 10.4. The Balaban J connectivity index is 1.93. The number of carbonyl (C=O) groups excluding carboxylic acids is 1. The number of hydrogen-bond donors (Lipinski definition) is 2. The van der Waals surface area contributed by atoms with Crippen LogP contribution in [0.25, 0.3) is 0 Å². The summed E-state index contributed by atoms with van der Waals surface area (Å²) in [7, 11) is 0. The molecule has 1 amide bonds. The molecular formula is C16H18ClFN4O. The van der Waals surface area contributed by atoms with Gasteiger partial charge in [0, 0.05) is 12.2 Å². The minimum atomic E-state index is -0.488. The van der Waals surface area contributed by atoms with Crippen molar-refractivity contribution in [2.45, 2.75) is 26.2 Å². The topological polar surface area (TPSA) is 66.9 Å². The fraction of sp³-hybridized carbons (Fsp3) is 0.312. The number of carbonyl (C=O) groups is 1. The van der Waals surface area contributed by atoms with Gasteiger partial charge in [-0.1, -0.05) is 31.4 Å². The first-order chi connectivity index (χ1) is 11.1. The van der Waals surface area contributed by atoms with Gasteiger partial charge in [-0.3, -0.25) is 4.79 Å². The minimum Gasteiger partial charge on any atom is -0.351 e. The van der Waals surface area contributed by atoms with Crippen LogP contribution in [-0.2, 0) is 0 Å². The van der Waals surface area contributed by atoms with Crippen LogP contribution in [0.3, 0.4) is 0 Å². The van der Waals surface area contributed by atoms with Crippen molar-refractivity contribution in [3.05, 3.63) is 46.9 Å². The van der Waals surface area contributed by atoms with E-state index in [-0.39, 0.29) is 16.6 Å². The molecule has 0 aliphatic heterocycles. The highest BCUT2D eigenvalue weighted by Crippen LogP contribution is 2.21. The molecular weight excluding hydrogens is 319 g/mol. The van der Waals surface area contributed by atoms with E-state index in [0.717, 1.165) is 19.3 Å². The molecule has 0 fully saturated rings. The van der Waals surface area contributed by atoms with E-state index in [4.69, 9.17) is 11.6 Å². The van der Waals surface area contributed by atoms with Crippen LogP contribution in [0.2, 0.25) is 5.02 Å². The second kappa shape index (κ2) is 8.43. The van der Waals surface area contributed by atoms with Crippen molar-refractivity contribution in [2.75, 3.05) is 11.9 Å². The van der Waals surface area contributed by atoms with Crippen molar-refractivity contribution in [2.24, 2.45) is 0 Å². The molecule has 0 saturated carbocycles. The Kier molecular flexibility index (Phi) is 6.29. The maximum atomic E-state index is 13.1. The van der Waals surface area contributed by atoms with Crippen LogP contribution in [-0.4, -0.2) is 22.6 Å². The van der Waals surface area contributed by atoms with Crippen LogP contribution in [0.5, 0.6) is 0 Å².